The summed E-state index contributed by atoms with van der Waals surface area (Å²) in [6.07, 6.45) is 0.416. The molecule has 10 nitrogen and oxygen atoms in total. The Labute approximate surface area is 231 Å². The molecule has 0 saturated carbocycles. The summed E-state index contributed by atoms with van der Waals surface area (Å²) in [6.45, 7) is 2.14. The number of carboxylic acids is 1. The number of Topliss-reactive ketones (excluding diaryl/α,β-unsaturated/α-hetero) is 1. The lowest BCUT2D eigenvalue weighted by molar-refractivity contribution is -0.384. The number of rotatable bonds is 12. The summed E-state index contributed by atoms with van der Waals surface area (Å²) >= 11 is 0. The number of hydrogen-bond acceptors (Lipinski definition) is 6. The fourth-order valence-corrected chi connectivity index (χ4v) is 4.98. The highest BCUT2D eigenvalue weighted by Gasteiger charge is 2.38. The number of carbonyl (C=O) groups is 3. The van der Waals surface area contributed by atoms with Gasteiger partial charge in [-0.05, 0) is 36.6 Å². The fourth-order valence-electron chi connectivity index (χ4n) is 4.98. The number of aliphatic carboxylic acids is 1. The first-order valence-corrected chi connectivity index (χ1v) is 12.9. The molecule has 1 heterocycles. The summed E-state index contributed by atoms with van der Waals surface area (Å²) in [6, 6.07) is 23.2. The monoisotopic (exact) mass is 542 g/mol. The molecule has 206 valence electrons. The van der Waals surface area contributed by atoms with Gasteiger partial charge < -0.3 is 20.6 Å². The maximum absolute atomic E-state index is 13.3. The normalized spacial score (nSPS) is 15.2. The molecule has 1 aliphatic heterocycles. The predicted octanol–water partition coefficient (Wildman–Crippen LogP) is 4.40. The fraction of sp³-hybridized carbons (Fsp3) is 0.233. The standard InChI is InChI=1S/C30H30N4O6/c1-20-26(29(36)37)28(23-14-8-15-24(18-23)34(39)40)33(30(38)32-20)17-9-16-31-19-25(35)27(21-10-4-2-5-11-21)22-12-6-3-7-13-22/h2-8,10-15,18,27-28,31H,9,16-17,19H2,1H3,(H,32,38)(H,36,37). The maximum Gasteiger partial charge on any atom is 0.335 e. The van der Waals surface area contributed by atoms with Gasteiger partial charge in [0.1, 0.15) is 0 Å². The summed E-state index contributed by atoms with van der Waals surface area (Å²) < 4.78 is 0. The summed E-state index contributed by atoms with van der Waals surface area (Å²) in [4.78, 5) is 50.5. The van der Waals surface area contributed by atoms with Gasteiger partial charge in [-0.15, -0.1) is 0 Å². The van der Waals surface area contributed by atoms with Gasteiger partial charge in [0.25, 0.3) is 5.69 Å². The molecule has 1 atom stereocenters. The number of allylic oxidation sites excluding steroid dienone is 1. The van der Waals surface area contributed by atoms with Crippen molar-refractivity contribution in [2.24, 2.45) is 0 Å². The van der Waals surface area contributed by atoms with Gasteiger partial charge >= 0.3 is 12.0 Å². The maximum atomic E-state index is 13.3. The minimum atomic E-state index is -1.23. The van der Waals surface area contributed by atoms with E-state index in [0.29, 0.717) is 18.5 Å². The Morgan fingerprint density at radius 2 is 1.65 bits per heavy atom. The average molecular weight is 543 g/mol. The lowest BCUT2D eigenvalue weighted by atomic mass is 9.87. The van der Waals surface area contributed by atoms with Gasteiger partial charge in [0.2, 0.25) is 0 Å². The summed E-state index contributed by atoms with van der Waals surface area (Å²) in [7, 11) is 0. The van der Waals surface area contributed by atoms with E-state index in [1.165, 1.54) is 30.0 Å². The van der Waals surface area contributed by atoms with Crippen LogP contribution in [-0.4, -0.2) is 52.3 Å². The number of nitrogens with one attached hydrogen (secondary N) is 2. The predicted molar refractivity (Wildman–Crippen MR) is 149 cm³/mol. The quantitative estimate of drug-likeness (QED) is 0.175. The van der Waals surface area contributed by atoms with Gasteiger partial charge in [-0.25, -0.2) is 9.59 Å². The van der Waals surface area contributed by atoms with Crippen molar-refractivity contribution in [3.05, 3.63) is 123 Å². The molecule has 0 aromatic heterocycles. The molecule has 0 fully saturated rings. The Kier molecular flexibility index (Phi) is 9.03. The topological polar surface area (TPSA) is 142 Å². The van der Waals surface area contributed by atoms with Gasteiger partial charge in [-0.3, -0.25) is 14.9 Å². The van der Waals surface area contributed by atoms with E-state index in [-0.39, 0.29) is 35.8 Å². The molecule has 0 saturated heterocycles. The number of urea groups is 1. The molecule has 3 N–H and O–H groups in total. The molecule has 0 aliphatic carbocycles. The van der Waals surface area contributed by atoms with Gasteiger partial charge in [-0.2, -0.15) is 0 Å². The van der Waals surface area contributed by atoms with E-state index < -0.39 is 28.9 Å². The van der Waals surface area contributed by atoms with E-state index in [4.69, 9.17) is 0 Å². The minimum absolute atomic E-state index is 0.00527. The SMILES string of the molecule is CC1=C(C(=O)O)C(c2cccc([N+](=O)[O-])c2)N(CCCNCC(=O)C(c2ccccc2)c2ccccc2)C(=O)N1. The van der Waals surface area contributed by atoms with E-state index in [9.17, 15) is 29.6 Å². The first kappa shape index (κ1) is 28.2. The molecule has 3 aromatic rings. The van der Waals surface area contributed by atoms with Crippen LogP contribution < -0.4 is 10.6 Å². The number of nitrogens with zero attached hydrogens (tertiary/aromatic N) is 2. The molecule has 1 aliphatic rings. The highest BCUT2D eigenvalue weighted by atomic mass is 16.6. The molecule has 40 heavy (non-hydrogen) atoms. The smallest absolute Gasteiger partial charge is 0.335 e. The lowest BCUT2D eigenvalue weighted by Gasteiger charge is -2.37. The Hall–Kier alpha value is -4.83. The third kappa shape index (κ3) is 6.41. The van der Waals surface area contributed by atoms with Crippen LogP contribution in [0.4, 0.5) is 10.5 Å². The number of carbonyl (C=O) groups excluding carboxylic acids is 2. The molecule has 10 heteroatoms. The number of benzene rings is 3. The van der Waals surface area contributed by atoms with Crippen LogP contribution in [0.25, 0.3) is 0 Å². The van der Waals surface area contributed by atoms with Crippen molar-refractivity contribution >= 4 is 23.5 Å². The van der Waals surface area contributed by atoms with E-state index in [1.807, 2.05) is 60.7 Å². The molecular weight excluding hydrogens is 512 g/mol. The molecule has 3 aromatic carbocycles. The van der Waals surface area contributed by atoms with Crippen molar-refractivity contribution in [3.8, 4) is 0 Å². The molecule has 2 amide bonds. The lowest BCUT2D eigenvalue weighted by Crippen LogP contribution is -2.49. The summed E-state index contributed by atoms with van der Waals surface area (Å²) in [5, 5.41) is 27.0. The van der Waals surface area contributed by atoms with Crippen molar-refractivity contribution in [3.63, 3.8) is 0 Å². The van der Waals surface area contributed by atoms with Crippen molar-refractivity contribution in [2.45, 2.75) is 25.3 Å². The van der Waals surface area contributed by atoms with Crippen LogP contribution in [0.5, 0.6) is 0 Å². The zero-order valence-electron chi connectivity index (χ0n) is 21.9. The number of non-ortho nitro benzene ring substituents is 1. The number of amides is 2. The van der Waals surface area contributed by atoms with Gasteiger partial charge in [0, 0.05) is 24.4 Å². The second kappa shape index (κ2) is 12.8. The second-order valence-electron chi connectivity index (χ2n) is 9.47. The highest BCUT2D eigenvalue weighted by molar-refractivity contribution is 5.94. The third-order valence-electron chi connectivity index (χ3n) is 6.81. The second-order valence-corrected chi connectivity index (χ2v) is 9.47. The van der Waals surface area contributed by atoms with E-state index >= 15 is 0 Å². The minimum Gasteiger partial charge on any atom is -0.478 e. The molecule has 0 spiro atoms. The van der Waals surface area contributed by atoms with Gasteiger partial charge in [-0.1, -0.05) is 72.8 Å². The average Bonchev–Trinajstić information content (AvgIpc) is 2.94. The van der Waals surface area contributed by atoms with Crippen LogP contribution >= 0.6 is 0 Å². The molecule has 4 rings (SSSR count). The number of nitro benzene ring substituents is 1. The van der Waals surface area contributed by atoms with Crippen LogP contribution in [0.1, 0.15) is 42.0 Å². The Morgan fingerprint density at radius 3 is 2.23 bits per heavy atom. The van der Waals surface area contributed by atoms with Crippen LogP contribution in [-0.2, 0) is 9.59 Å². The first-order valence-electron chi connectivity index (χ1n) is 12.9. The van der Waals surface area contributed by atoms with E-state index in [2.05, 4.69) is 10.6 Å². The van der Waals surface area contributed by atoms with Crippen molar-refractivity contribution in [2.75, 3.05) is 19.6 Å². The third-order valence-corrected chi connectivity index (χ3v) is 6.81. The molecule has 0 radical (unpaired) electrons. The van der Waals surface area contributed by atoms with Crippen LogP contribution in [0, 0.1) is 10.1 Å². The zero-order chi connectivity index (χ0) is 28.6. The van der Waals surface area contributed by atoms with Gasteiger partial charge in [0.05, 0.1) is 29.0 Å². The highest BCUT2D eigenvalue weighted by Crippen LogP contribution is 2.35. The van der Waals surface area contributed by atoms with E-state index in [0.717, 1.165) is 11.1 Å². The van der Waals surface area contributed by atoms with Crippen molar-refractivity contribution < 1.29 is 24.4 Å². The first-order chi connectivity index (χ1) is 19.3. The Bertz CT molecular complexity index is 1380. The van der Waals surface area contributed by atoms with Crippen molar-refractivity contribution in [1.82, 2.24) is 15.5 Å². The molecular formula is C30H30N4O6. The number of ketones is 1. The summed E-state index contributed by atoms with van der Waals surface area (Å²) in [5.74, 6) is -1.66. The van der Waals surface area contributed by atoms with Crippen LogP contribution in [0.15, 0.2) is 96.2 Å². The number of nitro groups is 1. The van der Waals surface area contributed by atoms with Gasteiger partial charge in [0.15, 0.2) is 5.78 Å². The Morgan fingerprint density at radius 1 is 1.02 bits per heavy atom. The largest absolute Gasteiger partial charge is 0.478 e. The molecule has 0 bridgehead atoms. The molecule has 1 unspecified atom stereocenters. The zero-order valence-corrected chi connectivity index (χ0v) is 21.9. The van der Waals surface area contributed by atoms with Crippen molar-refractivity contribution in [1.29, 1.82) is 0 Å². The summed E-state index contributed by atoms with van der Waals surface area (Å²) in [5.41, 5.74) is 2.05. The Balaban J connectivity index is 1.45. The van der Waals surface area contributed by atoms with Crippen LogP contribution in [0.2, 0.25) is 0 Å². The van der Waals surface area contributed by atoms with E-state index in [1.54, 1.807) is 6.07 Å². The number of hydrogen-bond donors (Lipinski definition) is 3. The van der Waals surface area contributed by atoms with Crippen LogP contribution in [0.3, 0.4) is 0 Å². The number of carboxylic acid groups (broad SMARTS) is 1.